The zero-order valence-corrected chi connectivity index (χ0v) is 23.4. The van der Waals surface area contributed by atoms with Gasteiger partial charge in [-0.25, -0.2) is 9.78 Å². The van der Waals surface area contributed by atoms with E-state index in [1.165, 1.54) is 23.5 Å². The maximum Gasteiger partial charge on any atom is 0.321 e. The van der Waals surface area contributed by atoms with E-state index < -0.39 is 18.1 Å². The number of hydrogen-bond donors (Lipinski definition) is 3. The van der Waals surface area contributed by atoms with Crippen molar-refractivity contribution in [1.29, 1.82) is 0 Å². The summed E-state index contributed by atoms with van der Waals surface area (Å²) in [7, 11) is 1.64. The molecular weight excluding hydrogens is 544 g/mol. The highest BCUT2D eigenvalue weighted by Gasteiger charge is 2.35. The second kappa shape index (κ2) is 12.3. The number of likely N-dealkylation sites (N-methyl/N-ethyl adjacent to an activating group) is 1. The highest BCUT2D eigenvalue weighted by molar-refractivity contribution is 6.06. The number of carbonyl (C=O) groups is 3. The zero-order chi connectivity index (χ0) is 29.8. The van der Waals surface area contributed by atoms with Gasteiger partial charge in [-0.3, -0.25) is 14.6 Å². The van der Waals surface area contributed by atoms with E-state index in [0.717, 1.165) is 0 Å². The summed E-state index contributed by atoms with van der Waals surface area (Å²) in [6, 6.07) is 9.14. The zero-order valence-electron chi connectivity index (χ0n) is 23.4. The van der Waals surface area contributed by atoms with Crippen LogP contribution in [0.15, 0.2) is 55.0 Å². The molecule has 3 aromatic rings. The van der Waals surface area contributed by atoms with E-state index in [-0.39, 0.29) is 67.0 Å². The first-order chi connectivity index (χ1) is 20.2. The molecule has 5 rings (SSSR count). The molecular formula is C29H32N6O7. The van der Waals surface area contributed by atoms with Crippen LogP contribution in [-0.2, 0) is 0 Å². The van der Waals surface area contributed by atoms with E-state index in [9.17, 15) is 19.5 Å². The molecule has 2 aliphatic heterocycles. The van der Waals surface area contributed by atoms with E-state index >= 15 is 0 Å². The molecule has 0 fully saturated rings. The number of nitrogens with one attached hydrogen (secondary N) is 2. The molecule has 3 N–H and O–H groups in total. The van der Waals surface area contributed by atoms with Crippen LogP contribution in [0.1, 0.15) is 34.7 Å². The monoisotopic (exact) mass is 576 g/mol. The lowest BCUT2D eigenvalue weighted by atomic mass is 9.99. The van der Waals surface area contributed by atoms with E-state index in [4.69, 9.17) is 14.2 Å². The van der Waals surface area contributed by atoms with Crippen LogP contribution in [0.5, 0.6) is 17.2 Å². The second-order valence-corrected chi connectivity index (χ2v) is 10.2. The molecule has 0 saturated heterocycles. The molecule has 0 unspecified atom stereocenters. The summed E-state index contributed by atoms with van der Waals surface area (Å²) in [5.41, 5.74) is 1.11. The fraction of sp³-hybridized carbons (Fsp3) is 0.345. The van der Waals surface area contributed by atoms with Crippen molar-refractivity contribution in [1.82, 2.24) is 19.8 Å². The molecule has 0 bridgehead atoms. The third-order valence-corrected chi connectivity index (χ3v) is 7.16. The van der Waals surface area contributed by atoms with Crippen molar-refractivity contribution >= 4 is 29.2 Å². The van der Waals surface area contributed by atoms with Crippen LogP contribution < -0.4 is 24.8 Å². The molecule has 13 heteroatoms. The fourth-order valence-corrected chi connectivity index (χ4v) is 4.71. The lowest BCUT2D eigenvalue weighted by Gasteiger charge is -2.38. The van der Waals surface area contributed by atoms with Gasteiger partial charge in [0.05, 0.1) is 36.6 Å². The van der Waals surface area contributed by atoms with Crippen molar-refractivity contribution in [3.63, 3.8) is 0 Å². The number of amides is 4. The van der Waals surface area contributed by atoms with E-state index in [1.54, 1.807) is 55.3 Å². The largest absolute Gasteiger partial charge is 0.485 e. The molecule has 4 amide bonds. The summed E-state index contributed by atoms with van der Waals surface area (Å²) in [5, 5.41) is 15.5. The number of urea groups is 1. The first kappa shape index (κ1) is 28.6. The number of anilines is 2. The Bertz CT molecular complexity index is 1470. The van der Waals surface area contributed by atoms with Crippen LogP contribution in [0.3, 0.4) is 0 Å². The predicted molar refractivity (Wildman–Crippen MR) is 152 cm³/mol. The first-order valence-corrected chi connectivity index (χ1v) is 13.5. The number of aliphatic hydroxyl groups is 1. The quantitative estimate of drug-likeness (QED) is 0.385. The summed E-state index contributed by atoms with van der Waals surface area (Å²) >= 11 is 0. The van der Waals surface area contributed by atoms with Crippen LogP contribution in [0.2, 0.25) is 0 Å². The summed E-state index contributed by atoms with van der Waals surface area (Å²) in [5.74, 6) is 0.177. The van der Waals surface area contributed by atoms with E-state index in [1.807, 2.05) is 6.92 Å². The number of carbonyl (C=O) groups excluding carboxylic acids is 3. The Labute approximate surface area is 242 Å². The molecule has 2 aliphatic rings. The third-order valence-electron chi connectivity index (χ3n) is 7.16. The van der Waals surface area contributed by atoms with Crippen LogP contribution >= 0.6 is 0 Å². The molecule has 13 nitrogen and oxygen atoms in total. The predicted octanol–water partition coefficient (Wildman–Crippen LogP) is 2.84. The molecule has 0 saturated carbocycles. The standard InChI is InChI=1S/C29H32N6O7/c1-17-13-35(18(2)15-36)28(38)20-5-4-6-21(33-27(37)22-12-30-9-10-31-22)26(20)42-25(17)14-34(3)29(39)32-19-7-8-23-24(11-19)41-16-40-23/h4-12,17-18,25,36H,13-16H2,1-3H3,(H,32,39)(H,33,37)/t17-,18-,25+/m1/s1. The van der Waals surface area contributed by atoms with Gasteiger partial charge in [0.15, 0.2) is 17.2 Å². The normalized spacial score (nSPS) is 18.2. The van der Waals surface area contributed by atoms with Gasteiger partial charge in [0.2, 0.25) is 6.79 Å². The summed E-state index contributed by atoms with van der Waals surface area (Å²) in [6.45, 7) is 3.98. The minimum Gasteiger partial charge on any atom is -0.485 e. The molecule has 3 heterocycles. The number of para-hydroxylation sites is 1. The van der Waals surface area contributed by atoms with Crippen molar-refractivity contribution in [2.45, 2.75) is 26.0 Å². The average molecular weight is 577 g/mol. The van der Waals surface area contributed by atoms with Crippen molar-refractivity contribution in [2.75, 3.05) is 44.2 Å². The highest BCUT2D eigenvalue weighted by Crippen LogP contribution is 2.36. The highest BCUT2D eigenvalue weighted by atomic mass is 16.7. The number of benzene rings is 2. The lowest BCUT2D eigenvalue weighted by molar-refractivity contribution is 0.0372. The number of nitrogens with zero attached hydrogens (tertiary/aromatic N) is 4. The van der Waals surface area contributed by atoms with E-state index in [0.29, 0.717) is 17.2 Å². The minimum absolute atomic E-state index is 0.0904. The van der Waals surface area contributed by atoms with Gasteiger partial charge < -0.3 is 39.8 Å². The Morgan fingerprint density at radius 1 is 1.17 bits per heavy atom. The molecule has 0 spiro atoms. The average Bonchev–Trinajstić information content (AvgIpc) is 3.47. The van der Waals surface area contributed by atoms with Crippen LogP contribution in [0.4, 0.5) is 16.2 Å². The van der Waals surface area contributed by atoms with Gasteiger partial charge in [-0.2, -0.15) is 0 Å². The van der Waals surface area contributed by atoms with Crippen molar-refractivity contribution in [3.05, 3.63) is 66.2 Å². The Balaban J connectivity index is 1.41. The Morgan fingerprint density at radius 3 is 2.74 bits per heavy atom. The Hall–Kier alpha value is -4.91. The van der Waals surface area contributed by atoms with Gasteiger partial charge in [-0.1, -0.05) is 13.0 Å². The molecule has 2 aromatic carbocycles. The lowest BCUT2D eigenvalue weighted by Crippen LogP contribution is -2.50. The number of ether oxygens (including phenoxy) is 3. The van der Waals surface area contributed by atoms with Gasteiger partial charge in [0.25, 0.3) is 11.8 Å². The van der Waals surface area contributed by atoms with Gasteiger partial charge >= 0.3 is 6.03 Å². The maximum atomic E-state index is 13.7. The minimum atomic E-state index is -0.590. The third kappa shape index (κ3) is 6.05. The smallest absolute Gasteiger partial charge is 0.321 e. The molecule has 0 radical (unpaired) electrons. The van der Waals surface area contributed by atoms with Crippen LogP contribution in [0.25, 0.3) is 0 Å². The molecule has 220 valence electrons. The number of rotatable bonds is 7. The van der Waals surface area contributed by atoms with Crippen molar-refractivity contribution in [2.24, 2.45) is 5.92 Å². The van der Waals surface area contributed by atoms with Crippen molar-refractivity contribution < 1.29 is 33.7 Å². The van der Waals surface area contributed by atoms with E-state index in [2.05, 4.69) is 20.6 Å². The number of fused-ring (bicyclic) bond motifs is 2. The summed E-state index contributed by atoms with van der Waals surface area (Å²) in [6.07, 6.45) is 3.60. The number of aromatic nitrogens is 2. The number of hydrogen-bond acceptors (Lipinski definition) is 9. The molecule has 42 heavy (non-hydrogen) atoms. The van der Waals surface area contributed by atoms with Gasteiger partial charge in [0.1, 0.15) is 11.8 Å². The van der Waals surface area contributed by atoms with Gasteiger partial charge in [0, 0.05) is 43.7 Å². The fourth-order valence-electron chi connectivity index (χ4n) is 4.71. The van der Waals surface area contributed by atoms with Gasteiger partial charge in [-0.05, 0) is 31.2 Å². The maximum absolute atomic E-state index is 13.7. The summed E-state index contributed by atoms with van der Waals surface area (Å²) in [4.78, 5) is 50.8. The second-order valence-electron chi connectivity index (χ2n) is 10.2. The summed E-state index contributed by atoms with van der Waals surface area (Å²) < 4.78 is 17.2. The Kier molecular flexibility index (Phi) is 8.38. The Morgan fingerprint density at radius 2 is 1.98 bits per heavy atom. The number of aliphatic hydroxyl groups excluding tert-OH is 1. The van der Waals surface area contributed by atoms with Crippen molar-refractivity contribution in [3.8, 4) is 17.2 Å². The van der Waals surface area contributed by atoms with Crippen LogP contribution in [-0.4, -0.2) is 88.4 Å². The first-order valence-electron chi connectivity index (χ1n) is 13.5. The molecule has 1 aromatic heterocycles. The SMILES string of the molecule is C[C@@H]1CN([C@H](C)CO)C(=O)c2cccc(NC(=O)c3cnccn3)c2O[C@H]1CN(C)C(=O)Nc1ccc2c(c1)OCO2. The molecule has 0 aliphatic carbocycles. The topological polar surface area (TPSA) is 155 Å². The van der Waals surface area contributed by atoms with Crippen LogP contribution in [0, 0.1) is 5.92 Å². The van der Waals surface area contributed by atoms with Gasteiger partial charge in [-0.15, -0.1) is 0 Å². The molecule has 3 atom stereocenters.